The lowest BCUT2D eigenvalue weighted by atomic mass is 10.1. The van der Waals surface area contributed by atoms with E-state index in [0.29, 0.717) is 36.0 Å². The van der Waals surface area contributed by atoms with Crippen LogP contribution >= 0.6 is 11.6 Å². The molecule has 0 saturated carbocycles. The van der Waals surface area contributed by atoms with Crippen LogP contribution < -0.4 is 15.8 Å². The van der Waals surface area contributed by atoms with Crippen LogP contribution in [0.2, 0.25) is 5.02 Å². The second-order valence-corrected chi connectivity index (χ2v) is 4.32. The Morgan fingerprint density at radius 1 is 1.50 bits per heavy atom. The number of carbonyl (C=O) groups excluding carboxylic acids is 1. The Morgan fingerprint density at radius 3 is 2.72 bits per heavy atom. The fourth-order valence-corrected chi connectivity index (χ4v) is 1.79. The van der Waals surface area contributed by atoms with Crippen LogP contribution in [0.1, 0.15) is 20.3 Å². The van der Waals surface area contributed by atoms with Gasteiger partial charge in [-0.1, -0.05) is 18.5 Å². The largest absolute Gasteiger partial charge is 0.492 e. The maximum Gasteiger partial charge on any atom is 0.228 e. The van der Waals surface area contributed by atoms with Gasteiger partial charge in [-0.3, -0.25) is 4.79 Å². The Hall–Kier alpha value is -1.26. The molecule has 1 unspecified atom stereocenters. The van der Waals surface area contributed by atoms with Crippen LogP contribution in [0.5, 0.6) is 5.75 Å². The van der Waals surface area contributed by atoms with Crippen molar-refractivity contribution in [1.29, 1.82) is 0 Å². The maximum atomic E-state index is 11.8. The Balaban J connectivity index is 2.74. The SMILES string of the molecule is CCOc1ccc(NC(=O)C(CC)CN)cc1Cl. The number of hydrogen-bond donors (Lipinski definition) is 2. The van der Waals surface area contributed by atoms with Crippen molar-refractivity contribution >= 4 is 23.2 Å². The number of nitrogens with two attached hydrogens (primary N) is 1. The van der Waals surface area contributed by atoms with Crippen molar-refractivity contribution in [2.24, 2.45) is 11.7 Å². The van der Waals surface area contributed by atoms with E-state index in [-0.39, 0.29) is 11.8 Å². The van der Waals surface area contributed by atoms with Gasteiger partial charge in [0.15, 0.2) is 0 Å². The molecule has 1 rings (SSSR count). The molecule has 0 fully saturated rings. The van der Waals surface area contributed by atoms with E-state index >= 15 is 0 Å². The van der Waals surface area contributed by atoms with E-state index in [0.717, 1.165) is 0 Å². The van der Waals surface area contributed by atoms with Crippen LogP contribution in [0.25, 0.3) is 0 Å². The summed E-state index contributed by atoms with van der Waals surface area (Å²) in [5.41, 5.74) is 6.18. The van der Waals surface area contributed by atoms with E-state index in [4.69, 9.17) is 22.1 Å². The average molecular weight is 271 g/mol. The number of nitrogens with one attached hydrogen (secondary N) is 1. The highest BCUT2D eigenvalue weighted by Crippen LogP contribution is 2.27. The van der Waals surface area contributed by atoms with Gasteiger partial charge in [0, 0.05) is 12.2 Å². The molecule has 0 aliphatic heterocycles. The van der Waals surface area contributed by atoms with Gasteiger partial charge in [0.25, 0.3) is 0 Å². The predicted molar refractivity (Wildman–Crippen MR) is 74.1 cm³/mol. The molecule has 0 heterocycles. The van der Waals surface area contributed by atoms with Crippen LogP contribution in [0, 0.1) is 5.92 Å². The lowest BCUT2D eigenvalue weighted by molar-refractivity contribution is -0.119. The molecular formula is C13H19ClN2O2. The summed E-state index contributed by atoms with van der Waals surface area (Å²) >= 11 is 6.04. The fraction of sp³-hybridized carbons (Fsp3) is 0.462. The highest BCUT2D eigenvalue weighted by molar-refractivity contribution is 6.32. The Labute approximate surface area is 112 Å². The third-order valence-electron chi connectivity index (χ3n) is 2.65. The molecule has 1 atom stereocenters. The molecule has 0 spiro atoms. The van der Waals surface area contributed by atoms with Crippen molar-refractivity contribution in [1.82, 2.24) is 0 Å². The first-order valence-corrected chi connectivity index (χ1v) is 6.43. The van der Waals surface area contributed by atoms with Gasteiger partial charge < -0.3 is 15.8 Å². The van der Waals surface area contributed by atoms with Gasteiger partial charge in [-0.15, -0.1) is 0 Å². The molecule has 3 N–H and O–H groups in total. The molecule has 0 aliphatic carbocycles. The molecule has 0 saturated heterocycles. The standard InChI is InChI=1S/C13H19ClN2O2/c1-3-9(8-15)13(17)16-10-5-6-12(18-4-2)11(14)7-10/h5-7,9H,3-4,8,15H2,1-2H3,(H,16,17). The van der Waals surface area contributed by atoms with Gasteiger partial charge in [-0.05, 0) is 31.5 Å². The number of ether oxygens (including phenoxy) is 1. The first-order valence-electron chi connectivity index (χ1n) is 6.05. The lowest BCUT2D eigenvalue weighted by Crippen LogP contribution is -2.28. The molecule has 0 aliphatic rings. The monoisotopic (exact) mass is 270 g/mol. The minimum absolute atomic E-state index is 0.0831. The van der Waals surface area contributed by atoms with Gasteiger partial charge in [0.05, 0.1) is 17.5 Å². The average Bonchev–Trinajstić information content (AvgIpc) is 2.34. The Morgan fingerprint density at radius 2 is 2.22 bits per heavy atom. The molecule has 1 amide bonds. The number of anilines is 1. The van der Waals surface area contributed by atoms with Crippen LogP contribution in [0.15, 0.2) is 18.2 Å². The predicted octanol–water partition coefficient (Wildman–Crippen LogP) is 2.66. The van der Waals surface area contributed by atoms with Crippen LogP contribution in [-0.2, 0) is 4.79 Å². The number of benzene rings is 1. The Kier molecular flexibility index (Phi) is 5.95. The van der Waals surface area contributed by atoms with Gasteiger partial charge in [0.1, 0.15) is 5.75 Å². The summed E-state index contributed by atoms with van der Waals surface area (Å²) < 4.78 is 5.32. The zero-order chi connectivity index (χ0) is 13.5. The minimum Gasteiger partial charge on any atom is -0.492 e. The van der Waals surface area contributed by atoms with E-state index in [9.17, 15) is 4.79 Å². The van der Waals surface area contributed by atoms with Crippen LogP contribution in [-0.4, -0.2) is 19.1 Å². The summed E-state index contributed by atoms with van der Waals surface area (Å²) in [6.07, 6.45) is 0.715. The minimum atomic E-state index is -0.171. The Bertz CT molecular complexity index is 406. The van der Waals surface area contributed by atoms with E-state index in [1.165, 1.54) is 0 Å². The molecule has 5 heteroatoms. The zero-order valence-corrected chi connectivity index (χ0v) is 11.5. The summed E-state index contributed by atoms with van der Waals surface area (Å²) in [7, 11) is 0. The van der Waals surface area contributed by atoms with E-state index in [1.54, 1.807) is 18.2 Å². The summed E-state index contributed by atoms with van der Waals surface area (Å²) in [6, 6.07) is 5.18. The number of rotatable bonds is 6. The van der Waals surface area contributed by atoms with Crippen molar-refractivity contribution in [2.75, 3.05) is 18.5 Å². The molecule has 100 valence electrons. The van der Waals surface area contributed by atoms with E-state index < -0.39 is 0 Å². The summed E-state index contributed by atoms with van der Waals surface area (Å²) in [4.78, 5) is 11.8. The molecule has 1 aromatic carbocycles. The van der Waals surface area contributed by atoms with Crippen LogP contribution in [0.3, 0.4) is 0 Å². The fourth-order valence-electron chi connectivity index (χ4n) is 1.55. The molecular weight excluding hydrogens is 252 g/mol. The van der Waals surface area contributed by atoms with E-state index in [1.807, 2.05) is 13.8 Å². The van der Waals surface area contributed by atoms with Gasteiger partial charge in [-0.25, -0.2) is 0 Å². The van der Waals surface area contributed by atoms with Gasteiger partial charge in [0.2, 0.25) is 5.91 Å². The normalized spacial score (nSPS) is 12.0. The quantitative estimate of drug-likeness (QED) is 0.835. The number of hydrogen-bond acceptors (Lipinski definition) is 3. The van der Waals surface area contributed by atoms with Crippen LogP contribution in [0.4, 0.5) is 5.69 Å². The van der Waals surface area contributed by atoms with Crippen molar-refractivity contribution in [3.05, 3.63) is 23.2 Å². The number of carbonyl (C=O) groups is 1. The molecule has 0 aromatic heterocycles. The zero-order valence-electron chi connectivity index (χ0n) is 10.7. The first kappa shape index (κ1) is 14.8. The highest BCUT2D eigenvalue weighted by Gasteiger charge is 2.14. The summed E-state index contributed by atoms with van der Waals surface area (Å²) in [5, 5.41) is 3.28. The molecule has 0 bridgehead atoms. The topological polar surface area (TPSA) is 64.3 Å². The second kappa shape index (κ2) is 7.24. The second-order valence-electron chi connectivity index (χ2n) is 3.91. The number of halogens is 1. The number of amides is 1. The molecule has 4 nitrogen and oxygen atoms in total. The maximum absolute atomic E-state index is 11.8. The van der Waals surface area contributed by atoms with Crippen molar-refractivity contribution in [2.45, 2.75) is 20.3 Å². The first-order chi connectivity index (χ1) is 8.62. The lowest BCUT2D eigenvalue weighted by Gasteiger charge is -2.13. The smallest absolute Gasteiger partial charge is 0.228 e. The molecule has 18 heavy (non-hydrogen) atoms. The third kappa shape index (κ3) is 3.89. The van der Waals surface area contributed by atoms with Gasteiger partial charge >= 0.3 is 0 Å². The van der Waals surface area contributed by atoms with E-state index in [2.05, 4.69) is 5.32 Å². The molecule has 1 aromatic rings. The molecule has 0 radical (unpaired) electrons. The van der Waals surface area contributed by atoms with Crippen molar-refractivity contribution in [3.63, 3.8) is 0 Å². The highest BCUT2D eigenvalue weighted by atomic mass is 35.5. The van der Waals surface area contributed by atoms with Gasteiger partial charge in [-0.2, -0.15) is 0 Å². The summed E-state index contributed by atoms with van der Waals surface area (Å²) in [6.45, 7) is 4.71. The van der Waals surface area contributed by atoms with Crippen molar-refractivity contribution < 1.29 is 9.53 Å². The summed E-state index contributed by atoms with van der Waals surface area (Å²) in [5.74, 6) is 0.360. The van der Waals surface area contributed by atoms with Crippen molar-refractivity contribution in [3.8, 4) is 5.75 Å². The third-order valence-corrected chi connectivity index (χ3v) is 2.94.